The molecule has 110 valence electrons. The van der Waals surface area contributed by atoms with Crippen LogP contribution in [0.4, 0.5) is 4.79 Å². The molecule has 20 heavy (non-hydrogen) atoms. The van der Waals surface area contributed by atoms with E-state index in [0.717, 1.165) is 18.7 Å². The number of nitrogens with zero attached hydrogens (tertiary/aromatic N) is 3. The number of likely N-dealkylation sites (tertiary alicyclic amines) is 1. The number of aromatic nitrogens is 2. The number of carboxylic acids is 1. The van der Waals surface area contributed by atoms with E-state index < -0.39 is 5.97 Å². The summed E-state index contributed by atoms with van der Waals surface area (Å²) in [6.45, 7) is 1.69. The van der Waals surface area contributed by atoms with Crippen molar-refractivity contribution in [3.8, 4) is 0 Å². The van der Waals surface area contributed by atoms with E-state index in [0.29, 0.717) is 19.6 Å². The maximum Gasteiger partial charge on any atom is 0.320 e. The zero-order valence-electron chi connectivity index (χ0n) is 11.6. The summed E-state index contributed by atoms with van der Waals surface area (Å²) in [5.41, 5.74) is 0. The van der Waals surface area contributed by atoms with Crippen molar-refractivity contribution < 1.29 is 14.7 Å². The number of rotatable bonds is 4. The fourth-order valence-corrected chi connectivity index (χ4v) is 2.49. The maximum atomic E-state index is 12.2. The Morgan fingerprint density at radius 1 is 1.50 bits per heavy atom. The molecule has 2 rings (SSSR count). The lowest BCUT2D eigenvalue weighted by Crippen LogP contribution is -2.45. The lowest BCUT2D eigenvalue weighted by molar-refractivity contribution is -0.138. The van der Waals surface area contributed by atoms with Crippen LogP contribution in [0.1, 0.15) is 25.1 Å². The first-order valence-electron chi connectivity index (χ1n) is 6.76. The van der Waals surface area contributed by atoms with Gasteiger partial charge in [0, 0.05) is 39.0 Å². The molecule has 0 aliphatic carbocycles. The summed E-state index contributed by atoms with van der Waals surface area (Å²) in [5, 5.41) is 8.77. The van der Waals surface area contributed by atoms with Crippen molar-refractivity contribution in [3.63, 3.8) is 0 Å². The molecule has 1 aromatic rings. The van der Waals surface area contributed by atoms with Crippen LogP contribution in [0.15, 0.2) is 12.4 Å². The summed E-state index contributed by atoms with van der Waals surface area (Å²) in [5.74, 6) is 0.179. The number of aromatic amines is 1. The first-order valence-corrected chi connectivity index (χ1v) is 6.76. The van der Waals surface area contributed by atoms with Gasteiger partial charge in [-0.15, -0.1) is 0 Å². The first kappa shape index (κ1) is 14.4. The van der Waals surface area contributed by atoms with Gasteiger partial charge in [0.25, 0.3) is 0 Å². The number of urea groups is 1. The molecule has 2 N–H and O–H groups in total. The number of nitrogens with one attached hydrogen (secondary N) is 1. The highest BCUT2D eigenvalue weighted by atomic mass is 16.4. The Labute approximate surface area is 117 Å². The van der Waals surface area contributed by atoms with Crippen LogP contribution in [0.3, 0.4) is 0 Å². The second-order valence-corrected chi connectivity index (χ2v) is 5.20. The van der Waals surface area contributed by atoms with Crippen molar-refractivity contribution in [3.05, 3.63) is 18.2 Å². The van der Waals surface area contributed by atoms with E-state index in [1.165, 1.54) is 0 Å². The molecule has 0 spiro atoms. The van der Waals surface area contributed by atoms with Crippen LogP contribution in [0.5, 0.6) is 0 Å². The summed E-state index contributed by atoms with van der Waals surface area (Å²) < 4.78 is 0. The highest BCUT2D eigenvalue weighted by Crippen LogP contribution is 2.21. The van der Waals surface area contributed by atoms with E-state index in [1.807, 2.05) is 0 Å². The van der Waals surface area contributed by atoms with E-state index in [1.54, 1.807) is 29.2 Å². The molecule has 0 atom stereocenters. The van der Waals surface area contributed by atoms with E-state index in [9.17, 15) is 9.59 Å². The number of hydrogen-bond acceptors (Lipinski definition) is 3. The number of H-pyrrole nitrogens is 1. The van der Waals surface area contributed by atoms with Crippen LogP contribution >= 0.6 is 0 Å². The lowest BCUT2D eigenvalue weighted by atomic mass is 9.94. The highest BCUT2D eigenvalue weighted by molar-refractivity contribution is 5.74. The van der Waals surface area contributed by atoms with Gasteiger partial charge >= 0.3 is 12.0 Å². The van der Waals surface area contributed by atoms with Crippen molar-refractivity contribution in [2.45, 2.75) is 25.8 Å². The van der Waals surface area contributed by atoms with Crippen LogP contribution in [0, 0.1) is 5.92 Å². The fraction of sp³-hybridized carbons (Fsp3) is 0.615. The van der Waals surface area contributed by atoms with Gasteiger partial charge in [-0.3, -0.25) is 4.79 Å². The molecule has 0 unspecified atom stereocenters. The molecule has 0 saturated carbocycles. The molecule has 7 nitrogen and oxygen atoms in total. The van der Waals surface area contributed by atoms with Crippen LogP contribution in [0.2, 0.25) is 0 Å². The average Bonchev–Trinajstić information content (AvgIpc) is 2.91. The Hall–Kier alpha value is -2.05. The van der Waals surface area contributed by atoms with Gasteiger partial charge in [-0.05, 0) is 18.8 Å². The van der Waals surface area contributed by atoms with Crippen molar-refractivity contribution in [1.29, 1.82) is 0 Å². The number of piperidine rings is 1. The Balaban J connectivity index is 1.80. The van der Waals surface area contributed by atoms with Crippen molar-refractivity contribution >= 4 is 12.0 Å². The number of carbonyl (C=O) groups excluding carboxylic acids is 1. The Morgan fingerprint density at radius 3 is 2.75 bits per heavy atom. The predicted molar refractivity (Wildman–Crippen MR) is 72.0 cm³/mol. The number of carbonyl (C=O) groups is 2. The number of imidazole rings is 1. The number of carboxylic acid groups (broad SMARTS) is 1. The molecular weight excluding hydrogens is 260 g/mol. The quantitative estimate of drug-likeness (QED) is 0.865. The number of amides is 2. The zero-order valence-corrected chi connectivity index (χ0v) is 11.6. The minimum atomic E-state index is -0.760. The average molecular weight is 280 g/mol. The summed E-state index contributed by atoms with van der Waals surface area (Å²) in [6, 6.07) is -0.0322. The third-order valence-corrected chi connectivity index (χ3v) is 3.62. The SMILES string of the molecule is CN(Cc1ncc[nH]1)C(=O)N1CCC(CC(=O)O)CC1. The third kappa shape index (κ3) is 3.72. The third-order valence-electron chi connectivity index (χ3n) is 3.62. The summed E-state index contributed by atoms with van der Waals surface area (Å²) >= 11 is 0. The fourth-order valence-electron chi connectivity index (χ4n) is 2.49. The van der Waals surface area contributed by atoms with E-state index >= 15 is 0 Å². The number of hydrogen-bond donors (Lipinski definition) is 2. The van der Waals surface area contributed by atoms with Gasteiger partial charge in [-0.2, -0.15) is 0 Å². The Bertz CT molecular complexity index is 452. The molecule has 1 fully saturated rings. The highest BCUT2D eigenvalue weighted by Gasteiger charge is 2.26. The Kier molecular flexibility index (Phi) is 4.60. The van der Waals surface area contributed by atoms with Crippen molar-refractivity contribution in [1.82, 2.24) is 19.8 Å². The predicted octanol–water partition coefficient (Wildman–Crippen LogP) is 1.15. The minimum absolute atomic E-state index is 0.0322. The zero-order chi connectivity index (χ0) is 14.5. The van der Waals surface area contributed by atoms with E-state index in [2.05, 4.69) is 9.97 Å². The van der Waals surface area contributed by atoms with Crippen LogP contribution in [-0.4, -0.2) is 57.0 Å². The standard InChI is InChI=1S/C13H20N4O3/c1-16(9-11-14-4-5-15-11)13(20)17-6-2-10(3-7-17)8-12(18)19/h4-5,10H,2-3,6-9H2,1H3,(H,14,15)(H,18,19). The van der Waals surface area contributed by atoms with Gasteiger partial charge in [-0.1, -0.05) is 0 Å². The van der Waals surface area contributed by atoms with Gasteiger partial charge < -0.3 is 19.9 Å². The number of aliphatic carboxylic acids is 1. The van der Waals surface area contributed by atoms with Crippen LogP contribution in [0.25, 0.3) is 0 Å². The molecule has 1 aromatic heterocycles. The molecule has 1 aliphatic rings. The lowest BCUT2D eigenvalue weighted by Gasteiger charge is -2.34. The molecule has 2 heterocycles. The summed E-state index contributed by atoms with van der Waals surface area (Å²) in [4.78, 5) is 33.4. The molecule has 1 aliphatic heterocycles. The van der Waals surface area contributed by atoms with Crippen LogP contribution in [-0.2, 0) is 11.3 Å². The van der Waals surface area contributed by atoms with E-state index in [4.69, 9.17) is 5.11 Å². The normalized spacial score (nSPS) is 16.1. The molecule has 0 aromatic carbocycles. The topological polar surface area (TPSA) is 89.5 Å². The Morgan fingerprint density at radius 2 is 2.20 bits per heavy atom. The first-order chi connectivity index (χ1) is 9.56. The van der Waals surface area contributed by atoms with Gasteiger partial charge in [0.05, 0.1) is 6.54 Å². The van der Waals surface area contributed by atoms with Crippen LogP contribution < -0.4 is 0 Å². The maximum absolute atomic E-state index is 12.2. The largest absolute Gasteiger partial charge is 0.481 e. The molecular formula is C13H20N4O3. The molecule has 1 saturated heterocycles. The molecule has 0 bridgehead atoms. The second kappa shape index (κ2) is 6.40. The molecule has 0 radical (unpaired) electrons. The van der Waals surface area contributed by atoms with Gasteiger partial charge in [0.15, 0.2) is 0 Å². The monoisotopic (exact) mass is 280 g/mol. The van der Waals surface area contributed by atoms with Crippen molar-refractivity contribution in [2.24, 2.45) is 5.92 Å². The van der Waals surface area contributed by atoms with Gasteiger partial charge in [0.1, 0.15) is 5.82 Å². The van der Waals surface area contributed by atoms with Gasteiger partial charge in [0.2, 0.25) is 0 Å². The van der Waals surface area contributed by atoms with Gasteiger partial charge in [-0.25, -0.2) is 9.78 Å². The summed E-state index contributed by atoms with van der Waals surface area (Å²) in [6.07, 6.45) is 5.10. The smallest absolute Gasteiger partial charge is 0.320 e. The molecule has 2 amide bonds. The minimum Gasteiger partial charge on any atom is -0.481 e. The van der Waals surface area contributed by atoms with Crippen molar-refractivity contribution in [2.75, 3.05) is 20.1 Å². The summed E-state index contributed by atoms with van der Waals surface area (Å²) in [7, 11) is 1.74. The molecule has 7 heteroatoms. The second-order valence-electron chi connectivity index (χ2n) is 5.20. The van der Waals surface area contributed by atoms with E-state index in [-0.39, 0.29) is 18.4 Å².